The molecule has 0 aliphatic rings. The zero-order valence-electron chi connectivity index (χ0n) is 17.1. The van der Waals surface area contributed by atoms with Crippen molar-refractivity contribution in [3.63, 3.8) is 0 Å². The Kier molecular flexibility index (Phi) is 7.16. The van der Waals surface area contributed by atoms with E-state index in [2.05, 4.69) is 45.5 Å². The van der Waals surface area contributed by atoms with Gasteiger partial charge in [-0.2, -0.15) is 0 Å². The standard InChI is InChI=1S/C23H27N5O/c1-17-7-8-21(14-18(17)2)29-22-15-19(9-12-26-22)16-28-23(24-3)27-13-10-20-6-4-5-11-25-20/h4-9,11-12,14-15H,10,13,16H2,1-3H3,(H2,24,27,28). The van der Waals surface area contributed by atoms with E-state index in [1.54, 1.807) is 13.2 Å². The van der Waals surface area contributed by atoms with Crippen LogP contribution in [0.4, 0.5) is 0 Å². The molecule has 0 unspecified atom stereocenters. The lowest BCUT2D eigenvalue weighted by Gasteiger charge is -2.12. The number of aliphatic imine (C=N–C) groups is 1. The van der Waals surface area contributed by atoms with Gasteiger partial charge < -0.3 is 15.4 Å². The summed E-state index contributed by atoms with van der Waals surface area (Å²) in [5.41, 5.74) is 4.55. The molecule has 0 spiro atoms. The molecular formula is C23H27N5O. The molecule has 3 aromatic rings. The van der Waals surface area contributed by atoms with Gasteiger partial charge in [0.25, 0.3) is 0 Å². The van der Waals surface area contributed by atoms with Gasteiger partial charge in [-0.05, 0) is 60.9 Å². The van der Waals surface area contributed by atoms with Crippen LogP contribution in [0.3, 0.4) is 0 Å². The molecule has 0 saturated carbocycles. The molecular weight excluding hydrogens is 362 g/mol. The number of aryl methyl sites for hydroxylation is 2. The Bertz CT molecular complexity index is 956. The summed E-state index contributed by atoms with van der Waals surface area (Å²) < 4.78 is 5.91. The fourth-order valence-corrected chi connectivity index (χ4v) is 2.78. The van der Waals surface area contributed by atoms with Crippen molar-refractivity contribution in [2.75, 3.05) is 13.6 Å². The minimum absolute atomic E-state index is 0.575. The number of pyridine rings is 2. The summed E-state index contributed by atoms with van der Waals surface area (Å²) in [4.78, 5) is 12.9. The van der Waals surface area contributed by atoms with Crippen LogP contribution in [0.5, 0.6) is 11.6 Å². The van der Waals surface area contributed by atoms with Crippen LogP contribution >= 0.6 is 0 Å². The summed E-state index contributed by atoms with van der Waals surface area (Å²) >= 11 is 0. The molecule has 6 nitrogen and oxygen atoms in total. The Hall–Kier alpha value is -3.41. The Labute approximate surface area is 172 Å². The minimum atomic E-state index is 0.575. The van der Waals surface area contributed by atoms with E-state index >= 15 is 0 Å². The maximum Gasteiger partial charge on any atom is 0.219 e. The van der Waals surface area contributed by atoms with Crippen molar-refractivity contribution in [3.05, 3.63) is 83.3 Å². The van der Waals surface area contributed by atoms with Crippen molar-refractivity contribution in [2.45, 2.75) is 26.8 Å². The molecule has 0 atom stereocenters. The first-order valence-corrected chi connectivity index (χ1v) is 9.68. The molecule has 0 amide bonds. The van der Waals surface area contributed by atoms with Crippen molar-refractivity contribution < 1.29 is 4.74 Å². The largest absolute Gasteiger partial charge is 0.439 e. The SMILES string of the molecule is CN=C(NCCc1ccccn1)NCc1ccnc(Oc2ccc(C)c(C)c2)c1. The minimum Gasteiger partial charge on any atom is -0.439 e. The van der Waals surface area contributed by atoms with Crippen LogP contribution in [-0.2, 0) is 13.0 Å². The quantitative estimate of drug-likeness (QED) is 0.475. The maximum atomic E-state index is 5.91. The highest BCUT2D eigenvalue weighted by molar-refractivity contribution is 5.79. The van der Waals surface area contributed by atoms with Crippen LogP contribution in [0.25, 0.3) is 0 Å². The number of hydrogen-bond donors (Lipinski definition) is 2. The number of nitrogens with one attached hydrogen (secondary N) is 2. The summed E-state index contributed by atoms with van der Waals surface area (Å²) in [5, 5.41) is 6.62. The Morgan fingerprint density at radius 1 is 0.966 bits per heavy atom. The van der Waals surface area contributed by atoms with Gasteiger partial charge in [-0.3, -0.25) is 9.98 Å². The van der Waals surface area contributed by atoms with E-state index in [-0.39, 0.29) is 0 Å². The second-order valence-electron chi connectivity index (χ2n) is 6.77. The van der Waals surface area contributed by atoms with Crippen LogP contribution in [0, 0.1) is 13.8 Å². The highest BCUT2D eigenvalue weighted by Gasteiger charge is 2.04. The third kappa shape index (κ3) is 6.31. The van der Waals surface area contributed by atoms with Gasteiger partial charge in [0.2, 0.25) is 5.88 Å². The molecule has 3 rings (SSSR count). The topological polar surface area (TPSA) is 71.4 Å². The van der Waals surface area contributed by atoms with E-state index in [4.69, 9.17) is 4.74 Å². The summed E-state index contributed by atoms with van der Waals surface area (Å²) in [6, 6.07) is 15.9. The lowest BCUT2D eigenvalue weighted by molar-refractivity contribution is 0.461. The summed E-state index contributed by atoms with van der Waals surface area (Å²) in [7, 11) is 1.76. The monoisotopic (exact) mass is 389 g/mol. The predicted octanol–water partition coefficient (Wildman–Crippen LogP) is 3.79. The highest BCUT2D eigenvalue weighted by Crippen LogP contribution is 2.22. The fraction of sp³-hybridized carbons (Fsp3) is 0.261. The number of ether oxygens (including phenoxy) is 1. The van der Waals surface area contributed by atoms with E-state index in [9.17, 15) is 0 Å². The molecule has 0 fully saturated rings. The first-order valence-electron chi connectivity index (χ1n) is 9.68. The lowest BCUT2D eigenvalue weighted by atomic mass is 10.1. The first-order chi connectivity index (χ1) is 14.1. The van der Waals surface area contributed by atoms with E-state index < -0.39 is 0 Å². The molecule has 29 heavy (non-hydrogen) atoms. The van der Waals surface area contributed by atoms with Crippen LogP contribution in [0.1, 0.15) is 22.4 Å². The molecule has 0 saturated heterocycles. The van der Waals surface area contributed by atoms with Gasteiger partial charge in [0.1, 0.15) is 5.75 Å². The normalized spacial score (nSPS) is 11.2. The lowest BCUT2D eigenvalue weighted by Crippen LogP contribution is -2.37. The van der Waals surface area contributed by atoms with Crippen LogP contribution in [0.2, 0.25) is 0 Å². The predicted molar refractivity (Wildman–Crippen MR) is 116 cm³/mol. The van der Waals surface area contributed by atoms with E-state index in [1.165, 1.54) is 11.1 Å². The number of hydrogen-bond acceptors (Lipinski definition) is 4. The molecule has 150 valence electrons. The van der Waals surface area contributed by atoms with Crippen molar-refractivity contribution in [1.29, 1.82) is 0 Å². The highest BCUT2D eigenvalue weighted by atomic mass is 16.5. The fourth-order valence-electron chi connectivity index (χ4n) is 2.78. The van der Waals surface area contributed by atoms with Crippen molar-refractivity contribution in [1.82, 2.24) is 20.6 Å². The summed E-state index contributed by atoms with van der Waals surface area (Å²) in [6.45, 7) is 5.53. The molecule has 0 aliphatic heterocycles. The van der Waals surface area contributed by atoms with Gasteiger partial charge in [-0.25, -0.2) is 4.98 Å². The van der Waals surface area contributed by atoms with Gasteiger partial charge in [0.15, 0.2) is 5.96 Å². The molecule has 2 N–H and O–H groups in total. The van der Waals surface area contributed by atoms with Crippen LogP contribution in [-0.4, -0.2) is 29.5 Å². The molecule has 2 aromatic heterocycles. The Balaban J connectivity index is 1.51. The average Bonchev–Trinajstić information content (AvgIpc) is 2.74. The molecule has 1 aromatic carbocycles. The van der Waals surface area contributed by atoms with Gasteiger partial charge in [0.05, 0.1) is 0 Å². The van der Waals surface area contributed by atoms with Gasteiger partial charge in [0, 0.05) is 50.7 Å². The van der Waals surface area contributed by atoms with Crippen molar-refractivity contribution in [3.8, 4) is 11.6 Å². The van der Waals surface area contributed by atoms with Gasteiger partial charge in [-0.1, -0.05) is 12.1 Å². The molecule has 0 bridgehead atoms. The number of benzene rings is 1. The van der Waals surface area contributed by atoms with Gasteiger partial charge in [-0.15, -0.1) is 0 Å². The van der Waals surface area contributed by atoms with E-state index in [0.29, 0.717) is 12.4 Å². The number of nitrogens with zero attached hydrogens (tertiary/aromatic N) is 3. The second-order valence-corrected chi connectivity index (χ2v) is 6.77. The number of aromatic nitrogens is 2. The molecule has 0 aliphatic carbocycles. The average molecular weight is 390 g/mol. The number of guanidine groups is 1. The molecule has 6 heteroatoms. The maximum absolute atomic E-state index is 5.91. The van der Waals surface area contributed by atoms with Crippen LogP contribution < -0.4 is 15.4 Å². The van der Waals surface area contributed by atoms with Crippen molar-refractivity contribution >= 4 is 5.96 Å². The zero-order chi connectivity index (χ0) is 20.5. The molecule has 2 heterocycles. The van der Waals surface area contributed by atoms with Crippen molar-refractivity contribution in [2.24, 2.45) is 4.99 Å². The first kappa shape index (κ1) is 20.3. The Morgan fingerprint density at radius 3 is 2.62 bits per heavy atom. The zero-order valence-corrected chi connectivity index (χ0v) is 17.1. The third-order valence-corrected chi connectivity index (χ3v) is 4.58. The van der Waals surface area contributed by atoms with E-state index in [1.807, 2.05) is 48.7 Å². The third-order valence-electron chi connectivity index (χ3n) is 4.58. The summed E-state index contributed by atoms with van der Waals surface area (Å²) in [6.07, 6.45) is 4.40. The van der Waals surface area contributed by atoms with Crippen LogP contribution in [0.15, 0.2) is 65.9 Å². The molecule has 0 radical (unpaired) electrons. The number of rotatable bonds is 7. The summed E-state index contributed by atoms with van der Waals surface area (Å²) in [5.74, 6) is 2.11. The van der Waals surface area contributed by atoms with Gasteiger partial charge >= 0.3 is 0 Å². The smallest absolute Gasteiger partial charge is 0.219 e. The Morgan fingerprint density at radius 2 is 1.86 bits per heavy atom. The van der Waals surface area contributed by atoms with E-state index in [0.717, 1.165) is 35.9 Å². The second kappa shape index (κ2) is 10.2.